The summed E-state index contributed by atoms with van der Waals surface area (Å²) in [5.74, 6) is 1.15. The largest absolute Gasteiger partial charge is 0.396 e. The molecule has 0 aromatic carbocycles. The zero-order chi connectivity index (χ0) is 8.65. The minimum Gasteiger partial charge on any atom is -0.396 e. The van der Waals surface area contributed by atoms with Crippen molar-refractivity contribution < 1.29 is 5.11 Å². The van der Waals surface area contributed by atoms with E-state index in [2.05, 4.69) is 11.8 Å². The molecule has 0 spiro atoms. The molecule has 0 radical (unpaired) electrons. The molecule has 1 fully saturated rings. The Morgan fingerprint density at radius 1 is 1.08 bits per heavy atom. The van der Waals surface area contributed by atoms with Crippen molar-refractivity contribution in [3.63, 3.8) is 0 Å². The van der Waals surface area contributed by atoms with Crippen LogP contribution in [-0.2, 0) is 0 Å². The summed E-state index contributed by atoms with van der Waals surface area (Å²) in [6, 6.07) is 0. The number of aliphatic hydroxyl groups is 1. The van der Waals surface area contributed by atoms with E-state index in [1.165, 1.54) is 38.5 Å². The summed E-state index contributed by atoms with van der Waals surface area (Å²) in [6.07, 6.45) is 9.54. The second-order valence-electron chi connectivity index (χ2n) is 3.56. The summed E-state index contributed by atoms with van der Waals surface area (Å²) in [7, 11) is 0. The molecular weight excluding hydrogens is 168 g/mol. The van der Waals surface area contributed by atoms with Gasteiger partial charge >= 0.3 is 0 Å². The smallest absolute Gasteiger partial charge is 0.0438 e. The van der Waals surface area contributed by atoms with Crippen molar-refractivity contribution in [3.8, 4) is 0 Å². The van der Waals surface area contributed by atoms with Crippen molar-refractivity contribution >= 4 is 11.8 Å². The first-order valence-electron chi connectivity index (χ1n) is 5.16. The fraction of sp³-hybridized carbons (Fsp3) is 1.00. The summed E-state index contributed by atoms with van der Waals surface area (Å²) >= 11 is 2.08. The van der Waals surface area contributed by atoms with E-state index in [9.17, 15) is 0 Å². The predicted octanol–water partition coefficient (Wildman–Crippen LogP) is 2.82. The van der Waals surface area contributed by atoms with E-state index < -0.39 is 0 Å². The standard InChI is InChI=1S/C10H20OS/c11-8-5-9-12-10-6-3-1-2-4-7-10/h10-11H,1-9H2. The first-order chi connectivity index (χ1) is 5.93. The van der Waals surface area contributed by atoms with Crippen molar-refractivity contribution in [2.45, 2.75) is 50.2 Å². The second kappa shape index (κ2) is 6.79. The molecular formula is C10H20OS. The number of rotatable bonds is 4. The molecule has 0 aromatic heterocycles. The van der Waals surface area contributed by atoms with Crippen LogP contribution in [0.3, 0.4) is 0 Å². The van der Waals surface area contributed by atoms with E-state index in [4.69, 9.17) is 5.11 Å². The Balaban J connectivity index is 2.04. The van der Waals surface area contributed by atoms with Crippen LogP contribution in [0.1, 0.15) is 44.9 Å². The lowest BCUT2D eigenvalue weighted by Gasteiger charge is -2.12. The second-order valence-corrected chi connectivity index (χ2v) is 4.97. The van der Waals surface area contributed by atoms with Crippen LogP contribution in [0.4, 0.5) is 0 Å². The molecule has 1 N–H and O–H groups in total. The molecule has 1 saturated carbocycles. The average Bonchev–Trinajstić information content (AvgIpc) is 2.33. The molecule has 0 saturated heterocycles. The van der Waals surface area contributed by atoms with Gasteiger partial charge in [0, 0.05) is 11.9 Å². The molecule has 0 aromatic rings. The van der Waals surface area contributed by atoms with Gasteiger partial charge in [-0.2, -0.15) is 11.8 Å². The summed E-state index contributed by atoms with van der Waals surface area (Å²) in [5, 5.41) is 9.54. The Kier molecular flexibility index (Phi) is 5.88. The molecule has 0 aliphatic heterocycles. The molecule has 0 atom stereocenters. The minimum absolute atomic E-state index is 0.361. The van der Waals surface area contributed by atoms with Crippen LogP contribution in [0.2, 0.25) is 0 Å². The van der Waals surface area contributed by atoms with E-state index in [0.29, 0.717) is 6.61 Å². The highest BCUT2D eigenvalue weighted by Crippen LogP contribution is 2.27. The number of hydrogen-bond donors (Lipinski definition) is 1. The van der Waals surface area contributed by atoms with Gasteiger partial charge in [-0.3, -0.25) is 0 Å². The topological polar surface area (TPSA) is 20.2 Å². The van der Waals surface area contributed by atoms with E-state index >= 15 is 0 Å². The lowest BCUT2D eigenvalue weighted by molar-refractivity contribution is 0.296. The van der Waals surface area contributed by atoms with Crippen LogP contribution in [0.25, 0.3) is 0 Å². The van der Waals surface area contributed by atoms with Gasteiger partial charge in [0.1, 0.15) is 0 Å². The van der Waals surface area contributed by atoms with Crippen molar-refractivity contribution in [2.24, 2.45) is 0 Å². The van der Waals surface area contributed by atoms with Crippen LogP contribution in [0.15, 0.2) is 0 Å². The SMILES string of the molecule is OCCCSC1CCCCCC1. The van der Waals surface area contributed by atoms with Gasteiger partial charge in [-0.05, 0) is 25.0 Å². The molecule has 0 heterocycles. The highest BCUT2D eigenvalue weighted by molar-refractivity contribution is 7.99. The molecule has 2 heteroatoms. The van der Waals surface area contributed by atoms with Crippen molar-refractivity contribution in [2.75, 3.05) is 12.4 Å². The van der Waals surface area contributed by atoms with Gasteiger partial charge in [0.2, 0.25) is 0 Å². The van der Waals surface area contributed by atoms with E-state index in [1.807, 2.05) is 0 Å². The van der Waals surface area contributed by atoms with Crippen LogP contribution >= 0.6 is 11.8 Å². The maximum absolute atomic E-state index is 8.64. The first kappa shape index (κ1) is 10.4. The maximum atomic E-state index is 8.64. The van der Waals surface area contributed by atoms with E-state index in [-0.39, 0.29) is 0 Å². The third-order valence-electron chi connectivity index (χ3n) is 2.46. The van der Waals surface area contributed by atoms with E-state index in [1.54, 1.807) is 0 Å². The summed E-state index contributed by atoms with van der Waals surface area (Å²) in [5.41, 5.74) is 0. The van der Waals surface area contributed by atoms with Gasteiger partial charge in [0.25, 0.3) is 0 Å². The molecule has 12 heavy (non-hydrogen) atoms. The summed E-state index contributed by atoms with van der Waals surface area (Å²) < 4.78 is 0. The van der Waals surface area contributed by atoms with E-state index in [0.717, 1.165) is 17.4 Å². The summed E-state index contributed by atoms with van der Waals surface area (Å²) in [6.45, 7) is 0.361. The Hall–Kier alpha value is 0.310. The number of hydrogen-bond acceptors (Lipinski definition) is 2. The molecule has 0 bridgehead atoms. The van der Waals surface area contributed by atoms with Crippen molar-refractivity contribution in [1.82, 2.24) is 0 Å². The lowest BCUT2D eigenvalue weighted by Crippen LogP contribution is -2.02. The van der Waals surface area contributed by atoms with Crippen LogP contribution in [0, 0.1) is 0 Å². The number of thioether (sulfide) groups is 1. The lowest BCUT2D eigenvalue weighted by atomic mass is 10.2. The van der Waals surface area contributed by atoms with Gasteiger partial charge in [-0.15, -0.1) is 0 Å². The highest BCUT2D eigenvalue weighted by Gasteiger charge is 2.11. The van der Waals surface area contributed by atoms with Crippen LogP contribution in [-0.4, -0.2) is 22.7 Å². The quantitative estimate of drug-likeness (QED) is 0.541. The maximum Gasteiger partial charge on any atom is 0.0438 e. The average molecular weight is 188 g/mol. The van der Waals surface area contributed by atoms with Crippen LogP contribution < -0.4 is 0 Å². The zero-order valence-corrected chi connectivity index (χ0v) is 8.61. The normalized spacial score (nSPS) is 20.8. The van der Waals surface area contributed by atoms with Crippen molar-refractivity contribution in [1.29, 1.82) is 0 Å². The van der Waals surface area contributed by atoms with Crippen LogP contribution in [0.5, 0.6) is 0 Å². The molecule has 72 valence electrons. The molecule has 1 aliphatic rings. The minimum atomic E-state index is 0.361. The Bertz CT molecular complexity index is 98.0. The number of aliphatic hydroxyl groups excluding tert-OH is 1. The van der Waals surface area contributed by atoms with Gasteiger partial charge in [-0.1, -0.05) is 25.7 Å². The predicted molar refractivity (Wildman–Crippen MR) is 55.7 cm³/mol. The van der Waals surface area contributed by atoms with Gasteiger partial charge < -0.3 is 5.11 Å². The highest BCUT2D eigenvalue weighted by atomic mass is 32.2. The fourth-order valence-electron chi connectivity index (χ4n) is 1.72. The molecule has 1 nitrogen and oxygen atoms in total. The van der Waals surface area contributed by atoms with Crippen molar-refractivity contribution in [3.05, 3.63) is 0 Å². The van der Waals surface area contributed by atoms with Gasteiger partial charge in [0.15, 0.2) is 0 Å². The Morgan fingerprint density at radius 2 is 1.75 bits per heavy atom. The van der Waals surface area contributed by atoms with Gasteiger partial charge in [-0.25, -0.2) is 0 Å². The Morgan fingerprint density at radius 3 is 2.33 bits per heavy atom. The molecule has 1 rings (SSSR count). The summed E-state index contributed by atoms with van der Waals surface area (Å²) in [4.78, 5) is 0. The first-order valence-corrected chi connectivity index (χ1v) is 6.21. The molecule has 1 aliphatic carbocycles. The monoisotopic (exact) mass is 188 g/mol. The third-order valence-corrected chi connectivity index (χ3v) is 3.93. The van der Waals surface area contributed by atoms with Gasteiger partial charge in [0.05, 0.1) is 0 Å². The molecule has 0 unspecified atom stereocenters. The zero-order valence-electron chi connectivity index (χ0n) is 7.80. The Labute approximate surface area is 79.9 Å². The third kappa shape index (κ3) is 4.36. The molecule has 0 amide bonds. The fourth-order valence-corrected chi connectivity index (χ4v) is 3.02.